The number of hydrogen-bond acceptors (Lipinski definition) is 3. The fraction of sp³-hybridized carbons (Fsp3) is 0.526. The molecule has 0 bridgehead atoms. The maximum Gasteiger partial charge on any atom is 0.252 e. The van der Waals surface area contributed by atoms with Crippen LogP contribution in [0.25, 0.3) is 10.9 Å². The lowest BCUT2D eigenvalue weighted by Gasteiger charge is -2.17. The molecule has 2 aromatic rings. The standard InChI is InChI=1S/C19H29N3O/c1-4-15-8-9-18-16(12-15)13-17(19(23)21-18)14-20-10-7-11-22(5-2)6-3/h8-9,12-13,20H,4-7,10-11,14H2,1-3H3,(H,21,23). The Balaban J connectivity index is 1.94. The molecule has 0 fully saturated rings. The Bertz CT molecular complexity index is 674. The maximum atomic E-state index is 12.1. The summed E-state index contributed by atoms with van der Waals surface area (Å²) in [6.45, 7) is 11.4. The van der Waals surface area contributed by atoms with Crippen LogP contribution in [0.4, 0.5) is 0 Å². The third-order valence-corrected chi connectivity index (χ3v) is 4.43. The Morgan fingerprint density at radius 2 is 1.91 bits per heavy atom. The first-order valence-corrected chi connectivity index (χ1v) is 8.75. The number of pyridine rings is 1. The predicted octanol–water partition coefficient (Wildman–Crippen LogP) is 2.91. The molecule has 0 unspecified atom stereocenters. The summed E-state index contributed by atoms with van der Waals surface area (Å²) in [6.07, 6.45) is 2.11. The molecule has 4 heteroatoms. The third-order valence-electron chi connectivity index (χ3n) is 4.43. The third kappa shape index (κ3) is 4.91. The van der Waals surface area contributed by atoms with Gasteiger partial charge in [0.2, 0.25) is 0 Å². The predicted molar refractivity (Wildman–Crippen MR) is 98.1 cm³/mol. The second-order valence-corrected chi connectivity index (χ2v) is 5.96. The zero-order chi connectivity index (χ0) is 16.7. The first-order chi connectivity index (χ1) is 11.2. The second kappa shape index (κ2) is 8.85. The highest BCUT2D eigenvalue weighted by molar-refractivity contribution is 5.79. The molecule has 2 N–H and O–H groups in total. The Kier molecular flexibility index (Phi) is 6.81. The molecule has 2 rings (SSSR count). The van der Waals surface area contributed by atoms with E-state index < -0.39 is 0 Å². The van der Waals surface area contributed by atoms with Crippen molar-refractivity contribution in [1.29, 1.82) is 0 Å². The van der Waals surface area contributed by atoms with Crippen molar-refractivity contribution in [3.05, 3.63) is 45.7 Å². The van der Waals surface area contributed by atoms with E-state index in [0.717, 1.165) is 55.5 Å². The SMILES string of the molecule is CCc1ccc2[nH]c(=O)c(CNCCCN(CC)CC)cc2c1. The molecule has 0 aliphatic carbocycles. The molecule has 0 aliphatic heterocycles. The Morgan fingerprint density at radius 1 is 1.13 bits per heavy atom. The highest BCUT2D eigenvalue weighted by Gasteiger charge is 2.04. The summed E-state index contributed by atoms with van der Waals surface area (Å²) in [5.41, 5.74) is 3.03. The zero-order valence-corrected chi connectivity index (χ0v) is 14.6. The highest BCUT2D eigenvalue weighted by Crippen LogP contribution is 2.14. The highest BCUT2D eigenvalue weighted by atomic mass is 16.1. The molecule has 0 atom stereocenters. The summed E-state index contributed by atoms with van der Waals surface area (Å²) >= 11 is 0. The van der Waals surface area contributed by atoms with Crippen LogP contribution in [0.2, 0.25) is 0 Å². The van der Waals surface area contributed by atoms with Crippen LogP contribution in [0.15, 0.2) is 29.1 Å². The van der Waals surface area contributed by atoms with Crippen LogP contribution in [0.3, 0.4) is 0 Å². The van der Waals surface area contributed by atoms with Gasteiger partial charge in [-0.2, -0.15) is 0 Å². The van der Waals surface area contributed by atoms with E-state index in [9.17, 15) is 4.79 Å². The largest absolute Gasteiger partial charge is 0.322 e. The van der Waals surface area contributed by atoms with E-state index in [4.69, 9.17) is 0 Å². The van der Waals surface area contributed by atoms with Crippen LogP contribution in [-0.4, -0.2) is 36.1 Å². The van der Waals surface area contributed by atoms with Crippen molar-refractivity contribution in [3.63, 3.8) is 0 Å². The van der Waals surface area contributed by atoms with Crippen LogP contribution < -0.4 is 10.9 Å². The summed E-state index contributed by atoms with van der Waals surface area (Å²) in [6, 6.07) is 8.25. The molecule has 1 aromatic heterocycles. The minimum Gasteiger partial charge on any atom is -0.322 e. The number of nitrogens with one attached hydrogen (secondary N) is 2. The van der Waals surface area contributed by atoms with Crippen molar-refractivity contribution < 1.29 is 0 Å². The Morgan fingerprint density at radius 3 is 2.61 bits per heavy atom. The van der Waals surface area contributed by atoms with Gasteiger partial charge in [0, 0.05) is 17.6 Å². The molecule has 1 aromatic carbocycles. The van der Waals surface area contributed by atoms with Gasteiger partial charge >= 0.3 is 0 Å². The monoisotopic (exact) mass is 315 g/mol. The van der Waals surface area contributed by atoms with Gasteiger partial charge in [0.15, 0.2) is 0 Å². The lowest BCUT2D eigenvalue weighted by Crippen LogP contribution is -2.28. The maximum absolute atomic E-state index is 12.1. The second-order valence-electron chi connectivity index (χ2n) is 5.96. The fourth-order valence-corrected chi connectivity index (χ4v) is 2.84. The van der Waals surface area contributed by atoms with Crippen molar-refractivity contribution in [3.8, 4) is 0 Å². The minimum atomic E-state index is 0.0120. The number of H-pyrrole nitrogens is 1. The van der Waals surface area contributed by atoms with Crippen molar-refractivity contribution in [2.45, 2.75) is 40.2 Å². The van der Waals surface area contributed by atoms with Gasteiger partial charge in [-0.3, -0.25) is 4.79 Å². The molecule has 23 heavy (non-hydrogen) atoms. The molecule has 126 valence electrons. The van der Waals surface area contributed by atoms with Gasteiger partial charge in [0.1, 0.15) is 0 Å². The van der Waals surface area contributed by atoms with Crippen molar-refractivity contribution in [1.82, 2.24) is 15.2 Å². The van der Waals surface area contributed by atoms with Crippen LogP contribution in [-0.2, 0) is 13.0 Å². The van der Waals surface area contributed by atoms with Gasteiger partial charge in [-0.25, -0.2) is 0 Å². The fourth-order valence-electron chi connectivity index (χ4n) is 2.84. The number of aromatic nitrogens is 1. The first-order valence-electron chi connectivity index (χ1n) is 8.75. The minimum absolute atomic E-state index is 0.0120. The summed E-state index contributed by atoms with van der Waals surface area (Å²) in [5.74, 6) is 0. The summed E-state index contributed by atoms with van der Waals surface area (Å²) < 4.78 is 0. The lowest BCUT2D eigenvalue weighted by atomic mass is 10.1. The van der Waals surface area contributed by atoms with E-state index in [1.165, 1.54) is 5.56 Å². The smallest absolute Gasteiger partial charge is 0.252 e. The van der Waals surface area contributed by atoms with Crippen LogP contribution in [0.5, 0.6) is 0 Å². The van der Waals surface area contributed by atoms with E-state index in [-0.39, 0.29) is 5.56 Å². The molecular weight excluding hydrogens is 286 g/mol. The van der Waals surface area contributed by atoms with Crippen molar-refractivity contribution in [2.24, 2.45) is 0 Å². The number of hydrogen-bond donors (Lipinski definition) is 2. The number of benzene rings is 1. The average molecular weight is 315 g/mol. The normalized spacial score (nSPS) is 11.5. The topological polar surface area (TPSA) is 48.1 Å². The van der Waals surface area contributed by atoms with E-state index in [1.54, 1.807) is 0 Å². The quantitative estimate of drug-likeness (QED) is 0.700. The molecule has 0 radical (unpaired) electrons. The van der Waals surface area contributed by atoms with Gasteiger partial charge < -0.3 is 15.2 Å². The molecule has 0 amide bonds. The first kappa shape index (κ1) is 17.7. The molecule has 0 aliphatic rings. The molecule has 4 nitrogen and oxygen atoms in total. The Hall–Kier alpha value is -1.65. The number of nitrogens with zero attached hydrogens (tertiary/aromatic N) is 1. The number of aryl methyl sites for hydroxylation is 1. The van der Waals surface area contributed by atoms with Crippen molar-refractivity contribution >= 4 is 10.9 Å². The van der Waals surface area contributed by atoms with E-state index in [1.807, 2.05) is 12.1 Å². The Labute approximate surface area is 138 Å². The molecule has 0 saturated heterocycles. The lowest BCUT2D eigenvalue weighted by molar-refractivity contribution is 0.298. The molecule has 0 spiro atoms. The van der Waals surface area contributed by atoms with E-state index in [2.05, 4.69) is 48.1 Å². The average Bonchev–Trinajstić information content (AvgIpc) is 2.58. The van der Waals surface area contributed by atoms with Gasteiger partial charge in [-0.05, 0) is 68.2 Å². The number of rotatable bonds is 9. The molecule has 0 saturated carbocycles. The van der Waals surface area contributed by atoms with Gasteiger partial charge in [0.05, 0.1) is 0 Å². The summed E-state index contributed by atoms with van der Waals surface area (Å²) in [7, 11) is 0. The zero-order valence-electron chi connectivity index (χ0n) is 14.6. The summed E-state index contributed by atoms with van der Waals surface area (Å²) in [4.78, 5) is 17.5. The van der Waals surface area contributed by atoms with Gasteiger partial charge in [-0.1, -0.05) is 26.8 Å². The van der Waals surface area contributed by atoms with Crippen molar-refractivity contribution in [2.75, 3.05) is 26.2 Å². The van der Waals surface area contributed by atoms with Gasteiger partial charge in [0.25, 0.3) is 5.56 Å². The summed E-state index contributed by atoms with van der Waals surface area (Å²) in [5, 5.41) is 4.51. The number of aromatic amines is 1. The van der Waals surface area contributed by atoms with Crippen LogP contribution in [0.1, 0.15) is 38.3 Å². The van der Waals surface area contributed by atoms with Gasteiger partial charge in [-0.15, -0.1) is 0 Å². The van der Waals surface area contributed by atoms with E-state index >= 15 is 0 Å². The number of fused-ring (bicyclic) bond motifs is 1. The molecular formula is C19H29N3O. The van der Waals surface area contributed by atoms with E-state index in [0.29, 0.717) is 6.54 Å². The molecule has 1 heterocycles. The van der Waals surface area contributed by atoms with Crippen LogP contribution in [0, 0.1) is 0 Å². The van der Waals surface area contributed by atoms with Crippen LogP contribution >= 0.6 is 0 Å².